The first-order chi connectivity index (χ1) is 10.1. The highest BCUT2D eigenvalue weighted by Gasteiger charge is 2.10. The smallest absolute Gasteiger partial charge is 0.230 e. The van der Waals surface area contributed by atoms with Crippen molar-refractivity contribution in [2.24, 2.45) is 0 Å². The number of fused-ring (bicyclic) bond motifs is 1. The molecular formula is C16H14N2O2S. The molecule has 3 aromatic rings. The molecule has 1 amide bonds. The zero-order chi connectivity index (χ0) is 14.8. The molecule has 0 saturated carbocycles. The fourth-order valence-electron chi connectivity index (χ4n) is 2.08. The molecule has 0 spiro atoms. The largest absolute Gasteiger partial charge is 0.508 e. The molecule has 5 heteroatoms. The van der Waals surface area contributed by atoms with Crippen LogP contribution < -0.4 is 5.32 Å². The quantitative estimate of drug-likeness (QED) is 0.778. The Morgan fingerprint density at radius 1 is 1.29 bits per heavy atom. The topological polar surface area (TPSA) is 62.2 Å². The van der Waals surface area contributed by atoms with Crippen molar-refractivity contribution in [3.05, 3.63) is 53.6 Å². The van der Waals surface area contributed by atoms with Gasteiger partial charge in [-0.2, -0.15) is 0 Å². The number of hydrogen-bond acceptors (Lipinski definition) is 4. The maximum atomic E-state index is 12.0. The summed E-state index contributed by atoms with van der Waals surface area (Å²) in [5.41, 5.74) is 2.65. The van der Waals surface area contributed by atoms with Crippen LogP contribution in [0.2, 0.25) is 0 Å². The van der Waals surface area contributed by atoms with Gasteiger partial charge in [-0.1, -0.05) is 35.6 Å². The maximum absolute atomic E-state index is 12.0. The van der Waals surface area contributed by atoms with Crippen LogP contribution in [0.25, 0.3) is 10.2 Å². The molecule has 106 valence electrons. The second kappa shape index (κ2) is 5.54. The molecule has 0 fully saturated rings. The van der Waals surface area contributed by atoms with Crippen molar-refractivity contribution >= 4 is 32.6 Å². The molecule has 0 aliphatic carbocycles. The molecule has 2 aromatic carbocycles. The van der Waals surface area contributed by atoms with Crippen molar-refractivity contribution < 1.29 is 9.90 Å². The molecule has 21 heavy (non-hydrogen) atoms. The van der Waals surface area contributed by atoms with E-state index in [1.807, 2.05) is 25.1 Å². The van der Waals surface area contributed by atoms with E-state index in [1.165, 1.54) is 16.9 Å². The summed E-state index contributed by atoms with van der Waals surface area (Å²) < 4.78 is 1.05. The fraction of sp³-hybridized carbons (Fsp3) is 0.125. The molecule has 0 atom stereocenters. The second-order valence-corrected chi connectivity index (χ2v) is 5.87. The lowest BCUT2D eigenvalue weighted by Crippen LogP contribution is -2.14. The Morgan fingerprint density at radius 2 is 2.10 bits per heavy atom. The highest BCUT2D eigenvalue weighted by Crippen LogP contribution is 2.27. The summed E-state index contributed by atoms with van der Waals surface area (Å²) >= 11 is 1.45. The fourth-order valence-corrected chi connectivity index (χ4v) is 3.06. The van der Waals surface area contributed by atoms with Gasteiger partial charge in [0.25, 0.3) is 0 Å². The van der Waals surface area contributed by atoms with Gasteiger partial charge in [-0.05, 0) is 30.7 Å². The highest BCUT2D eigenvalue weighted by molar-refractivity contribution is 7.22. The van der Waals surface area contributed by atoms with Crippen molar-refractivity contribution in [2.45, 2.75) is 13.3 Å². The van der Waals surface area contributed by atoms with Gasteiger partial charge < -0.3 is 10.4 Å². The van der Waals surface area contributed by atoms with Crippen molar-refractivity contribution in [1.29, 1.82) is 0 Å². The maximum Gasteiger partial charge on any atom is 0.230 e. The van der Waals surface area contributed by atoms with Crippen LogP contribution in [0.4, 0.5) is 5.13 Å². The average molecular weight is 298 g/mol. The highest BCUT2D eigenvalue weighted by atomic mass is 32.1. The molecule has 3 rings (SSSR count). The molecule has 0 unspecified atom stereocenters. The number of aromatic nitrogens is 1. The number of hydrogen-bond donors (Lipinski definition) is 2. The van der Waals surface area contributed by atoms with Crippen LogP contribution in [0.1, 0.15) is 11.1 Å². The molecule has 0 bridgehead atoms. The number of aryl methyl sites for hydroxylation is 1. The Kier molecular flexibility index (Phi) is 3.58. The Morgan fingerprint density at radius 3 is 2.90 bits per heavy atom. The van der Waals surface area contributed by atoms with Crippen molar-refractivity contribution in [1.82, 2.24) is 4.98 Å². The summed E-state index contributed by atoms with van der Waals surface area (Å²) in [5, 5.41) is 13.0. The van der Waals surface area contributed by atoms with Gasteiger partial charge in [0, 0.05) is 5.56 Å². The van der Waals surface area contributed by atoms with Crippen LogP contribution in [-0.2, 0) is 11.2 Å². The molecule has 0 saturated heterocycles. The van der Waals surface area contributed by atoms with E-state index >= 15 is 0 Å². The molecule has 4 nitrogen and oxygen atoms in total. The van der Waals surface area contributed by atoms with Crippen LogP contribution >= 0.6 is 11.3 Å². The molecule has 0 aliphatic heterocycles. The number of para-hydroxylation sites is 1. The van der Waals surface area contributed by atoms with Gasteiger partial charge >= 0.3 is 0 Å². The monoisotopic (exact) mass is 298 g/mol. The summed E-state index contributed by atoms with van der Waals surface area (Å²) in [6.07, 6.45) is 0.127. The Labute approximate surface area is 126 Å². The van der Waals surface area contributed by atoms with Crippen LogP contribution in [0.3, 0.4) is 0 Å². The van der Waals surface area contributed by atoms with Gasteiger partial charge in [-0.3, -0.25) is 4.79 Å². The van der Waals surface area contributed by atoms with E-state index in [4.69, 9.17) is 0 Å². The van der Waals surface area contributed by atoms with Crippen molar-refractivity contribution in [2.75, 3.05) is 5.32 Å². The van der Waals surface area contributed by atoms with E-state index in [1.54, 1.807) is 24.3 Å². The zero-order valence-corrected chi connectivity index (χ0v) is 12.3. The minimum absolute atomic E-state index is 0.127. The first-order valence-electron chi connectivity index (χ1n) is 6.56. The standard InChI is InChI=1S/C16H14N2O2S/c1-10-6-7-12-14(8-10)21-16(17-12)18-15(20)9-11-4-2-3-5-13(11)19/h2-8,19H,9H2,1H3,(H,17,18,20). The third-order valence-corrected chi connectivity index (χ3v) is 4.07. The number of aromatic hydroxyl groups is 1. The van der Waals surface area contributed by atoms with Crippen molar-refractivity contribution in [3.8, 4) is 5.75 Å². The zero-order valence-electron chi connectivity index (χ0n) is 11.5. The summed E-state index contributed by atoms with van der Waals surface area (Å²) in [6.45, 7) is 2.02. The first kappa shape index (κ1) is 13.6. The van der Waals surface area contributed by atoms with E-state index < -0.39 is 0 Å². The number of carbonyl (C=O) groups is 1. The van der Waals surface area contributed by atoms with Crippen LogP contribution in [0.5, 0.6) is 5.75 Å². The number of amides is 1. The Hall–Kier alpha value is -2.40. The summed E-state index contributed by atoms with van der Waals surface area (Å²) in [5.74, 6) is -0.0557. The lowest BCUT2D eigenvalue weighted by Gasteiger charge is -2.03. The molecule has 0 aliphatic rings. The van der Waals surface area contributed by atoms with Gasteiger partial charge in [-0.15, -0.1) is 0 Å². The lowest BCUT2D eigenvalue weighted by molar-refractivity contribution is -0.115. The van der Waals surface area contributed by atoms with Gasteiger partial charge in [0.1, 0.15) is 5.75 Å². The molecular weight excluding hydrogens is 284 g/mol. The van der Waals surface area contributed by atoms with Crippen LogP contribution in [0.15, 0.2) is 42.5 Å². The van der Waals surface area contributed by atoms with Crippen LogP contribution in [0, 0.1) is 6.92 Å². The number of nitrogens with one attached hydrogen (secondary N) is 1. The Bertz CT molecular complexity index is 811. The van der Waals surface area contributed by atoms with Crippen molar-refractivity contribution in [3.63, 3.8) is 0 Å². The van der Waals surface area contributed by atoms with Crippen LogP contribution in [-0.4, -0.2) is 16.0 Å². The van der Waals surface area contributed by atoms with Gasteiger partial charge in [0.2, 0.25) is 5.91 Å². The molecule has 2 N–H and O–H groups in total. The number of thiazole rings is 1. The third-order valence-electron chi connectivity index (χ3n) is 3.13. The van der Waals surface area contributed by atoms with E-state index in [0.29, 0.717) is 10.7 Å². The molecule has 1 aromatic heterocycles. The van der Waals surface area contributed by atoms with E-state index in [0.717, 1.165) is 10.2 Å². The summed E-state index contributed by atoms with van der Waals surface area (Å²) in [6, 6.07) is 12.8. The van der Waals surface area contributed by atoms with E-state index in [9.17, 15) is 9.90 Å². The first-order valence-corrected chi connectivity index (χ1v) is 7.37. The minimum atomic E-state index is -0.188. The normalized spacial score (nSPS) is 10.7. The average Bonchev–Trinajstić information content (AvgIpc) is 2.82. The predicted octanol–water partition coefficient (Wildman–Crippen LogP) is 3.49. The SMILES string of the molecule is Cc1ccc2nc(NC(=O)Cc3ccccc3O)sc2c1. The number of rotatable bonds is 3. The molecule has 1 heterocycles. The summed E-state index contributed by atoms with van der Waals surface area (Å²) in [7, 11) is 0. The van der Waals surface area contributed by atoms with Gasteiger partial charge in [0.05, 0.1) is 16.6 Å². The number of nitrogens with zero attached hydrogens (tertiary/aromatic N) is 1. The minimum Gasteiger partial charge on any atom is -0.508 e. The number of benzene rings is 2. The Balaban J connectivity index is 1.75. The number of phenolic OH excluding ortho intramolecular Hbond substituents is 1. The predicted molar refractivity (Wildman–Crippen MR) is 84.8 cm³/mol. The second-order valence-electron chi connectivity index (χ2n) is 4.84. The van der Waals surface area contributed by atoms with Gasteiger partial charge in [0.15, 0.2) is 5.13 Å². The summed E-state index contributed by atoms with van der Waals surface area (Å²) in [4.78, 5) is 16.4. The third kappa shape index (κ3) is 3.03. The number of carbonyl (C=O) groups excluding carboxylic acids is 1. The lowest BCUT2D eigenvalue weighted by atomic mass is 10.1. The van der Waals surface area contributed by atoms with E-state index in [2.05, 4.69) is 10.3 Å². The van der Waals surface area contributed by atoms with Gasteiger partial charge in [-0.25, -0.2) is 4.98 Å². The van der Waals surface area contributed by atoms with E-state index in [-0.39, 0.29) is 18.1 Å². The number of anilines is 1. The molecule has 0 radical (unpaired) electrons. The number of phenols is 1.